The van der Waals surface area contributed by atoms with E-state index in [2.05, 4.69) is 5.32 Å². The van der Waals surface area contributed by atoms with Crippen molar-refractivity contribution in [2.75, 3.05) is 0 Å². The van der Waals surface area contributed by atoms with Crippen molar-refractivity contribution < 1.29 is 14.3 Å². The molecule has 0 saturated carbocycles. The summed E-state index contributed by atoms with van der Waals surface area (Å²) in [6.07, 6.45) is -1.04. The fourth-order valence-corrected chi connectivity index (χ4v) is 1.49. The van der Waals surface area contributed by atoms with Crippen LogP contribution in [0, 0.1) is 0 Å². The minimum atomic E-state index is -0.723. The average Bonchev–Trinajstić information content (AvgIpc) is 2.49. The highest BCUT2D eigenvalue weighted by atomic mass is 35.5. The van der Waals surface area contributed by atoms with E-state index in [1.807, 2.05) is 0 Å². The van der Waals surface area contributed by atoms with E-state index >= 15 is 0 Å². The number of amides is 2. The molecule has 0 aromatic heterocycles. The maximum absolute atomic E-state index is 11.2. The lowest BCUT2D eigenvalue weighted by atomic mass is 10.1. The molecule has 0 radical (unpaired) electrons. The van der Waals surface area contributed by atoms with Gasteiger partial charge in [-0.2, -0.15) is 0 Å². The third-order valence-electron chi connectivity index (χ3n) is 2.10. The van der Waals surface area contributed by atoms with Gasteiger partial charge in [-0.15, -0.1) is 0 Å². The second-order valence-corrected chi connectivity index (χ2v) is 3.65. The summed E-state index contributed by atoms with van der Waals surface area (Å²) in [5.74, 6) is -0.394. The number of ether oxygens (including phenoxy) is 1. The summed E-state index contributed by atoms with van der Waals surface area (Å²) in [6.45, 7) is 0. The van der Waals surface area contributed by atoms with Crippen molar-refractivity contribution in [3.05, 3.63) is 34.9 Å². The molecule has 1 aromatic carbocycles. The first-order chi connectivity index (χ1) is 7.15. The highest BCUT2D eigenvalue weighted by Gasteiger charge is 2.31. The Morgan fingerprint density at radius 3 is 2.47 bits per heavy atom. The lowest BCUT2D eigenvalue weighted by molar-refractivity contribution is -0.123. The normalized spacial score (nSPS) is 19.9. The number of carbonyl (C=O) groups is 2. The molecule has 1 fully saturated rings. The minimum absolute atomic E-state index is 0.370. The van der Waals surface area contributed by atoms with Crippen LogP contribution in [0.15, 0.2) is 24.3 Å². The summed E-state index contributed by atoms with van der Waals surface area (Å²) in [5.41, 5.74) is 0.897. The zero-order valence-electron chi connectivity index (χ0n) is 7.70. The van der Waals surface area contributed by atoms with Crippen LogP contribution in [0.25, 0.3) is 0 Å². The van der Waals surface area contributed by atoms with E-state index in [0.717, 1.165) is 5.56 Å². The van der Waals surface area contributed by atoms with Crippen LogP contribution in [0.2, 0.25) is 5.02 Å². The molecular formula is C10H8ClNO3. The molecule has 5 heteroatoms. The first-order valence-electron chi connectivity index (χ1n) is 4.41. The summed E-state index contributed by atoms with van der Waals surface area (Å²) in [4.78, 5) is 21.9. The van der Waals surface area contributed by atoms with E-state index in [0.29, 0.717) is 11.4 Å². The Kier molecular flexibility index (Phi) is 2.60. The Morgan fingerprint density at radius 1 is 1.27 bits per heavy atom. The van der Waals surface area contributed by atoms with E-state index in [4.69, 9.17) is 16.3 Å². The molecule has 2 amide bonds. The molecule has 1 heterocycles. The predicted molar refractivity (Wildman–Crippen MR) is 53.6 cm³/mol. The van der Waals surface area contributed by atoms with Gasteiger partial charge in [0, 0.05) is 11.4 Å². The number of hydrogen-bond acceptors (Lipinski definition) is 3. The van der Waals surface area contributed by atoms with E-state index in [-0.39, 0.29) is 0 Å². The topological polar surface area (TPSA) is 55.4 Å². The zero-order chi connectivity index (χ0) is 10.8. The molecule has 78 valence electrons. The van der Waals surface area contributed by atoms with Crippen LogP contribution in [-0.4, -0.2) is 18.1 Å². The maximum Gasteiger partial charge on any atom is 0.414 e. The van der Waals surface area contributed by atoms with Gasteiger partial charge in [0.25, 0.3) is 5.91 Å². The Bertz CT molecular complexity index is 402. The summed E-state index contributed by atoms with van der Waals surface area (Å²) < 4.78 is 4.78. The summed E-state index contributed by atoms with van der Waals surface area (Å²) in [5, 5.41) is 2.70. The third kappa shape index (κ3) is 2.27. The van der Waals surface area contributed by atoms with Gasteiger partial charge in [-0.05, 0) is 17.7 Å². The van der Waals surface area contributed by atoms with Crippen molar-refractivity contribution in [1.29, 1.82) is 0 Å². The highest BCUT2D eigenvalue weighted by Crippen LogP contribution is 2.14. The fraction of sp³-hybridized carbons (Fsp3) is 0.200. The number of alkyl carbamates (subject to hydrolysis) is 1. The second kappa shape index (κ2) is 3.90. The van der Waals surface area contributed by atoms with Crippen LogP contribution >= 0.6 is 11.6 Å². The first kappa shape index (κ1) is 9.98. The number of carbonyl (C=O) groups excluding carboxylic acids is 2. The van der Waals surface area contributed by atoms with Crippen molar-refractivity contribution in [2.24, 2.45) is 0 Å². The number of cyclic esters (lactones) is 1. The van der Waals surface area contributed by atoms with Crippen LogP contribution < -0.4 is 5.32 Å². The molecule has 1 aliphatic rings. The van der Waals surface area contributed by atoms with Crippen molar-refractivity contribution >= 4 is 23.6 Å². The van der Waals surface area contributed by atoms with Gasteiger partial charge >= 0.3 is 6.09 Å². The van der Waals surface area contributed by atoms with Crippen LogP contribution in [-0.2, 0) is 16.0 Å². The Hall–Kier alpha value is -1.55. The van der Waals surface area contributed by atoms with Gasteiger partial charge in [-0.25, -0.2) is 4.79 Å². The number of rotatable bonds is 2. The van der Waals surface area contributed by atoms with Crippen molar-refractivity contribution in [3.63, 3.8) is 0 Å². The van der Waals surface area contributed by atoms with Gasteiger partial charge in [-0.3, -0.25) is 10.1 Å². The van der Waals surface area contributed by atoms with Crippen LogP contribution in [0.5, 0.6) is 0 Å². The van der Waals surface area contributed by atoms with Gasteiger partial charge in [0.2, 0.25) is 0 Å². The van der Waals surface area contributed by atoms with Crippen molar-refractivity contribution in [2.45, 2.75) is 12.5 Å². The standard InChI is InChI=1S/C10H8ClNO3/c11-7-3-1-6(2-4-7)5-8-9(13)12-10(14)15-8/h1-4,8H,5H2,(H,12,13,14). The lowest BCUT2D eigenvalue weighted by Crippen LogP contribution is -2.25. The number of imide groups is 1. The van der Waals surface area contributed by atoms with Gasteiger partial charge in [0.05, 0.1) is 0 Å². The van der Waals surface area contributed by atoms with Crippen molar-refractivity contribution in [1.82, 2.24) is 5.32 Å². The van der Waals surface area contributed by atoms with E-state index in [1.54, 1.807) is 24.3 Å². The summed E-state index contributed by atoms with van der Waals surface area (Å²) >= 11 is 5.72. The Balaban J connectivity index is 2.06. The molecule has 15 heavy (non-hydrogen) atoms. The third-order valence-corrected chi connectivity index (χ3v) is 2.35. The summed E-state index contributed by atoms with van der Waals surface area (Å²) in [7, 11) is 0. The monoisotopic (exact) mass is 225 g/mol. The minimum Gasteiger partial charge on any atom is -0.435 e. The average molecular weight is 226 g/mol. The van der Waals surface area contributed by atoms with E-state index in [1.165, 1.54) is 0 Å². The Labute approximate surface area is 91.2 Å². The Morgan fingerprint density at radius 2 is 1.93 bits per heavy atom. The number of nitrogens with one attached hydrogen (secondary N) is 1. The summed E-state index contributed by atoms with van der Waals surface area (Å²) in [6, 6.07) is 7.04. The zero-order valence-corrected chi connectivity index (χ0v) is 8.45. The molecule has 1 atom stereocenters. The molecule has 1 saturated heterocycles. The smallest absolute Gasteiger partial charge is 0.414 e. The molecule has 1 aliphatic heterocycles. The highest BCUT2D eigenvalue weighted by molar-refractivity contribution is 6.30. The number of benzene rings is 1. The van der Waals surface area contributed by atoms with Gasteiger partial charge < -0.3 is 4.74 Å². The van der Waals surface area contributed by atoms with Gasteiger partial charge in [-0.1, -0.05) is 23.7 Å². The van der Waals surface area contributed by atoms with Crippen LogP contribution in [0.3, 0.4) is 0 Å². The number of hydrogen-bond donors (Lipinski definition) is 1. The van der Waals surface area contributed by atoms with E-state index < -0.39 is 18.1 Å². The first-order valence-corrected chi connectivity index (χ1v) is 4.79. The molecule has 1 aromatic rings. The molecule has 0 aliphatic carbocycles. The van der Waals surface area contributed by atoms with Gasteiger partial charge in [0.1, 0.15) is 0 Å². The molecule has 0 spiro atoms. The molecule has 4 nitrogen and oxygen atoms in total. The number of halogens is 1. The maximum atomic E-state index is 11.2. The SMILES string of the molecule is O=C1NC(=O)C(Cc2ccc(Cl)cc2)O1. The molecular weight excluding hydrogens is 218 g/mol. The molecule has 1 unspecified atom stereocenters. The van der Waals surface area contributed by atoms with Crippen LogP contribution in [0.1, 0.15) is 5.56 Å². The van der Waals surface area contributed by atoms with E-state index in [9.17, 15) is 9.59 Å². The van der Waals surface area contributed by atoms with Gasteiger partial charge in [0.15, 0.2) is 6.10 Å². The fourth-order valence-electron chi connectivity index (χ4n) is 1.36. The quantitative estimate of drug-likeness (QED) is 0.830. The van der Waals surface area contributed by atoms with Crippen molar-refractivity contribution in [3.8, 4) is 0 Å². The second-order valence-electron chi connectivity index (χ2n) is 3.21. The molecule has 1 N–H and O–H groups in total. The van der Waals surface area contributed by atoms with Crippen LogP contribution in [0.4, 0.5) is 4.79 Å². The largest absolute Gasteiger partial charge is 0.435 e. The molecule has 0 bridgehead atoms. The predicted octanol–water partition coefficient (Wildman–Crippen LogP) is 1.52. The molecule has 2 rings (SSSR count). The lowest BCUT2D eigenvalue weighted by Gasteiger charge is -2.05.